The van der Waals surface area contributed by atoms with Gasteiger partial charge in [-0.05, 0) is 28.8 Å². The van der Waals surface area contributed by atoms with Crippen LogP contribution >= 0.6 is 27.5 Å². The van der Waals surface area contributed by atoms with Gasteiger partial charge in [0.25, 0.3) is 0 Å². The predicted octanol–water partition coefficient (Wildman–Crippen LogP) is 3.26. The maximum absolute atomic E-state index is 6.17. The molecule has 2 aromatic rings. The van der Waals surface area contributed by atoms with Crippen LogP contribution in [0.5, 0.6) is 0 Å². The Balaban J connectivity index is 2.42. The number of aryl methyl sites for hydroxylation is 1. The van der Waals surface area contributed by atoms with Gasteiger partial charge in [-0.3, -0.25) is 0 Å². The third-order valence-electron chi connectivity index (χ3n) is 2.83. The van der Waals surface area contributed by atoms with E-state index >= 15 is 0 Å². The van der Waals surface area contributed by atoms with E-state index in [4.69, 9.17) is 11.6 Å². The van der Waals surface area contributed by atoms with Crippen LogP contribution in [0.3, 0.4) is 0 Å². The van der Waals surface area contributed by atoms with Crippen molar-refractivity contribution in [1.82, 2.24) is 14.5 Å². The molecule has 0 aromatic carbocycles. The van der Waals surface area contributed by atoms with Crippen LogP contribution in [0, 0.1) is 0 Å². The van der Waals surface area contributed by atoms with Crippen LogP contribution in [0.25, 0.3) is 11.0 Å². The number of halogens is 2. The molecule has 3 rings (SSSR count). The Bertz CT molecular complexity index is 545. The van der Waals surface area contributed by atoms with Gasteiger partial charge in [0, 0.05) is 13.0 Å². The summed E-state index contributed by atoms with van der Waals surface area (Å²) in [4.78, 5) is 8.64. The van der Waals surface area contributed by atoms with Gasteiger partial charge in [0.05, 0.1) is 15.6 Å². The zero-order chi connectivity index (χ0) is 10.6. The van der Waals surface area contributed by atoms with E-state index in [1.807, 2.05) is 11.6 Å². The molecule has 5 heteroatoms. The van der Waals surface area contributed by atoms with Crippen molar-refractivity contribution in [2.24, 2.45) is 7.05 Å². The molecule has 1 aliphatic rings. The summed E-state index contributed by atoms with van der Waals surface area (Å²) in [5.74, 6) is 0.602. The van der Waals surface area contributed by atoms with Crippen molar-refractivity contribution >= 4 is 38.6 Å². The number of hydrogen-bond acceptors (Lipinski definition) is 2. The van der Waals surface area contributed by atoms with Crippen LogP contribution in [0.4, 0.5) is 0 Å². The van der Waals surface area contributed by atoms with Crippen LogP contribution in [0.1, 0.15) is 24.5 Å². The molecule has 1 fully saturated rings. The summed E-state index contributed by atoms with van der Waals surface area (Å²) in [7, 11) is 1.92. The van der Waals surface area contributed by atoms with Gasteiger partial charge >= 0.3 is 0 Å². The van der Waals surface area contributed by atoms with E-state index in [2.05, 4.69) is 25.9 Å². The smallest absolute Gasteiger partial charge is 0.145 e. The van der Waals surface area contributed by atoms with E-state index in [0.29, 0.717) is 11.1 Å². The van der Waals surface area contributed by atoms with Crippen molar-refractivity contribution in [2.45, 2.75) is 18.8 Å². The Morgan fingerprint density at radius 3 is 2.87 bits per heavy atom. The molecule has 2 aromatic heterocycles. The fourth-order valence-electron chi connectivity index (χ4n) is 1.86. The van der Waals surface area contributed by atoms with Crippen molar-refractivity contribution < 1.29 is 0 Å². The molecule has 0 N–H and O–H groups in total. The van der Waals surface area contributed by atoms with Gasteiger partial charge in [0.2, 0.25) is 0 Å². The van der Waals surface area contributed by atoms with E-state index in [0.717, 1.165) is 21.2 Å². The molecular weight excluding hydrogens is 277 g/mol. The van der Waals surface area contributed by atoms with E-state index < -0.39 is 0 Å². The third kappa shape index (κ3) is 1.31. The Morgan fingerprint density at radius 2 is 2.20 bits per heavy atom. The first-order valence-corrected chi connectivity index (χ1v) is 6.01. The summed E-state index contributed by atoms with van der Waals surface area (Å²) in [6.45, 7) is 0. The topological polar surface area (TPSA) is 30.7 Å². The third-order valence-corrected chi connectivity index (χ3v) is 4.28. The molecule has 0 atom stereocenters. The Kier molecular flexibility index (Phi) is 2.04. The molecule has 0 radical (unpaired) electrons. The summed E-state index contributed by atoms with van der Waals surface area (Å²) >= 11 is 9.68. The normalized spacial score (nSPS) is 16.2. The minimum atomic E-state index is 0.602. The lowest BCUT2D eigenvalue weighted by Gasteiger charge is -1.99. The van der Waals surface area contributed by atoms with Gasteiger partial charge in [-0.2, -0.15) is 0 Å². The highest BCUT2D eigenvalue weighted by Crippen LogP contribution is 2.45. The zero-order valence-electron chi connectivity index (χ0n) is 8.17. The van der Waals surface area contributed by atoms with Crippen molar-refractivity contribution in [3.05, 3.63) is 21.6 Å². The van der Waals surface area contributed by atoms with Crippen LogP contribution in [-0.2, 0) is 7.05 Å². The first kappa shape index (κ1) is 9.60. The lowest BCUT2D eigenvalue weighted by Crippen LogP contribution is -1.93. The molecule has 3 nitrogen and oxygen atoms in total. The Hall–Kier alpha value is -0.610. The van der Waals surface area contributed by atoms with E-state index in [-0.39, 0.29) is 0 Å². The fraction of sp³-hybridized carbons (Fsp3) is 0.400. The van der Waals surface area contributed by atoms with Gasteiger partial charge in [-0.25, -0.2) is 9.97 Å². The molecule has 0 aliphatic heterocycles. The van der Waals surface area contributed by atoms with E-state index in [9.17, 15) is 0 Å². The summed E-state index contributed by atoms with van der Waals surface area (Å²) < 4.78 is 2.80. The second kappa shape index (κ2) is 3.19. The molecule has 0 bridgehead atoms. The first-order valence-electron chi connectivity index (χ1n) is 4.84. The van der Waals surface area contributed by atoms with Crippen molar-refractivity contribution in [3.8, 4) is 0 Å². The van der Waals surface area contributed by atoms with E-state index in [1.165, 1.54) is 12.8 Å². The average Bonchev–Trinajstić information content (AvgIpc) is 3.05. The summed E-state index contributed by atoms with van der Waals surface area (Å²) in [5.41, 5.74) is 2.04. The molecule has 0 saturated heterocycles. The summed E-state index contributed by atoms with van der Waals surface area (Å²) in [6, 6.07) is 0. The lowest BCUT2D eigenvalue weighted by atomic mass is 10.2. The number of aromatic nitrogens is 3. The monoisotopic (exact) mass is 285 g/mol. The predicted molar refractivity (Wildman–Crippen MR) is 63.2 cm³/mol. The van der Waals surface area contributed by atoms with Gasteiger partial charge in [0.1, 0.15) is 17.1 Å². The molecule has 1 aliphatic carbocycles. The maximum atomic E-state index is 6.17. The number of rotatable bonds is 1. The molecule has 0 unspecified atom stereocenters. The lowest BCUT2D eigenvalue weighted by molar-refractivity contribution is 0.933. The SMILES string of the molecule is Cn1c(Cl)c(Br)c2c(C3CC3)ncnc21. The minimum absolute atomic E-state index is 0.602. The van der Waals surface area contributed by atoms with Crippen LogP contribution in [0.15, 0.2) is 10.8 Å². The summed E-state index contributed by atoms with van der Waals surface area (Å²) in [5, 5.41) is 1.76. The Labute approximate surface area is 101 Å². The molecule has 2 heterocycles. The van der Waals surface area contributed by atoms with Crippen LogP contribution in [0.2, 0.25) is 5.15 Å². The van der Waals surface area contributed by atoms with Crippen molar-refractivity contribution in [2.75, 3.05) is 0 Å². The van der Waals surface area contributed by atoms with Gasteiger partial charge in [-0.1, -0.05) is 11.6 Å². The van der Waals surface area contributed by atoms with Gasteiger partial charge in [0.15, 0.2) is 0 Å². The molecule has 1 saturated carbocycles. The first-order chi connectivity index (χ1) is 7.20. The van der Waals surface area contributed by atoms with Crippen molar-refractivity contribution in [1.29, 1.82) is 0 Å². The largest absolute Gasteiger partial charge is 0.318 e. The number of hydrogen-bond donors (Lipinski definition) is 0. The van der Waals surface area contributed by atoms with Crippen molar-refractivity contribution in [3.63, 3.8) is 0 Å². The molecule has 0 spiro atoms. The van der Waals surface area contributed by atoms with Gasteiger partial charge in [-0.15, -0.1) is 0 Å². The molecule has 15 heavy (non-hydrogen) atoms. The molecular formula is C10H9BrClN3. The quantitative estimate of drug-likeness (QED) is 0.805. The van der Waals surface area contributed by atoms with Crippen LogP contribution in [-0.4, -0.2) is 14.5 Å². The average molecular weight is 287 g/mol. The minimum Gasteiger partial charge on any atom is -0.318 e. The summed E-state index contributed by atoms with van der Waals surface area (Å²) in [6.07, 6.45) is 4.08. The fourth-order valence-corrected chi connectivity index (χ4v) is 2.68. The second-order valence-corrected chi connectivity index (χ2v) is 5.05. The second-order valence-electron chi connectivity index (χ2n) is 3.90. The standard InChI is InChI=1S/C10H9BrClN3/c1-15-9(12)7(11)6-8(5-2-3-5)13-4-14-10(6)15/h4-5H,2-3H2,1H3. The number of fused-ring (bicyclic) bond motifs is 1. The highest BCUT2D eigenvalue weighted by atomic mass is 79.9. The van der Waals surface area contributed by atoms with Crippen LogP contribution < -0.4 is 0 Å². The number of nitrogens with zero attached hydrogens (tertiary/aromatic N) is 3. The van der Waals surface area contributed by atoms with E-state index in [1.54, 1.807) is 6.33 Å². The highest BCUT2D eigenvalue weighted by molar-refractivity contribution is 9.10. The van der Waals surface area contributed by atoms with Gasteiger partial charge < -0.3 is 4.57 Å². The zero-order valence-corrected chi connectivity index (χ0v) is 10.5. The highest BCUT2D eigenvalue weighted by Gasteiger charge is 2.29. The molecule has 0 amide bonds. The molecule has 78 valence electrons. The Morgan fingerprint density at radius 1 is 1.47 bits per heavy atom. The maximum Gasteiger partial charge on any atom is 0.145 e.